The second kappa shape index (κ2) is 5.84. The first-order valence-electron chi connectivity index (χ1n) is 7.28. The largest absolute Gasteiger partial charge is 0.374 e. The summed E-state index contributed by atoms with van der Waals surface area (Å²) in [7, 11) is 0. The van der Waals surface area contributed by atoms with E-state index in [1.165, 1.54) is 19.3 Å². The smallest absolute Gasteiger partial charge is 0.147 e. The molecule has 1 aromatic heterocycles. The Morgan fingerprint density at radius 2 is 2.32 bits per heavy atom. The van der Waals surface area contributed by atoms with E-state index in [1.807, 2.05) is 12.4 Å². The summed E-state index contributed by atoms with van der Waals surface area (Å²) in [5.74, 6) is 1.00. The average Bonchev–Trinajstić information content (AvgIpc) is 2.94. The highest BCUT2D eigenvalue weighted by Gasteiger charge is 2.36. The Bertz CT molecular complexity index is 408. The molecule has 1 saturated heterocycles. The number of anilines is 1. The Kier molecular flexibility index (Phi) is 3.94. The number of morpholine rings is 1. The Morgan fingerprint density at radius 3 is 3.11 bits per heavy atom. The van der Waals surface area contributed by atoms with Gasteiger partial charge in [-0.1, -0.05) is 6.92 Å². The van der Waals surface area contributed by atoms with E-state index >= 15 is 0 Å². The van der Waals surface area contributed by atoms with Crippen molar-refractivity contribution in [1.82, 2.24) is 15.3 Å². The minimum absolute atomic E-state index is 0.400. The van der Waals surface area contributed by atoms with Gasteiger partial charge in [-0.25, -0.2) is 4.98 Å². The lowest BCUT2D eigenvalue weighted by Gasteiger charge is -2.38. The van der Waals surface area contributed by atoms with Crippen molar-refractivity contribution in [2.24, 2.45) is 0 Å². The molecule has 19 heavy (non-hydrogen) atoms. The molecule has 2 unspecified atom stereocenters. The van der Waals surface area contributed by atoms with Crippen LogP contribution in [-0.2, 0) is 11.3 Å². The van der Waals surface area contributed by atoms with Crippen LogP contribution in [0.2, 0.25) is 0 Å². The molecule has 0 bridgehead atoms. The van der Waals surface area contributed by atoms with Gasteiger partial charge in [-0.3, -0.25) is 4.98 Å². The number of fused-ring (bicyclic) bond motifs is 1. The summed E-state index contributed by atoms with van der Waals surface area (Å²) in [5.41, 5.74) is 1.00. The number of ether oxygens (including phenoxy) is 1. The maximum absolute atomic E-state index is 5.83. The molecule has 5 heteroatoms. The van der Waals surface area contributed by atoms with Gasteiger partial charge in [0.15, 0.2) is 0 Å². The molecular formula is C14H22N4O. The van der Waals surface area contributed by atoms with Gasteiger partial charge in [0, 0.05) is 13.1 Å². The molecule has 0 amide bonds. The highest BCUT2D eigenvalue weighted by molar-refractivity contribution is 5.39. The first-order valence-corrected chi connectivity index (χ1v) is 7.28. The number of hydrogen-bond donors (Lipinski definition) is 1. The van der Waals surface area contributed by atoms with Crippen molar-refractivity contribution in [2.75, 3.05) is 24.6 Å². The SMILES string of the molecule is CCNCc1cnc(N2CCOC3CCCC32)cn1. The van der Waals surface area contributed by atoms with E-state index < -0.39 is 0 Å². The summed E-state index contributed by atoms with van der Waals surface area (Å²) in [5, 5.41) is 3.26. The first kappa shape index (κ1) is 12.8. The highest BCUT2D eigenvalue weighted by Crippen LogP contribution is 2.31. The topological polar surface area (TPSA) is 50.3 Å². The van der Waals surface area contributed by atoms with E-state index in [0.717, 1.165) is 37.8 Å². The van der Waals surface area contributed by atoms with Gasteiger partial charge in [0.2, 0.25) is 0 Å². The lowest BCUT2D eigenvalue weighted by atomic mass is 10.1. The molecule has 0 aromatic carbocycles. The maximum atomic E-state index is 5.83. The number of nitrogens with zero attached hydrogens (tertiary/aromatic N) is 3. The molecule has 1 aliphatic heterocycles. The molecule has 0 radical (unpaired) electrons. The van der Waals surface area contributed by atoms with Crippen molar-refractivity contribution in [2.45, 2.75) is 44.9 Å². The number of nitrogens with one attached hydrogen (secondary N) is 1. The molecule has 2 heterocycles. The summed E-state index contributed by atoms with van der Waals surface area (Å²) < 4.78 is 5.83. The van der Waals surface area contributed by atoms with E-state index in [1.54, 1.807) is 0 Å². The lowest BCUT2D eigenvalue weighted by molar-refractivity contribution is 0.0253. The standard InChI is InChI=1S/C14H22N4O/c1-2-15-8-11-9-17-14(10-16-11)18-6-7-19-13-5-3-4-12(13)18/h9-10,12-13,15H,2-8H2,1H3. The Morgan fingerprint density at radius 1 is 1.37 bits per heavy atom. The summed E-state index contributed by atoms with van der Waals surface area (Å²) in [6.07, 6.45) is 7.86. The maximum Gasteiger partial charge on any atom is 0.147 e. The van der Waals surface area contributed by atoms with Crippen LogP contribution in [0.5, 0.6) is 0 Å². The van der Waals surface area contributed by atoms with E-state index in [2.05, 4.69) is 27.1 Å². The van der Waals surface area contributed by atoms with Crippen LogP contribution in [0.4, 0.5) is 5.82 Å². The van der Waals surface area contributed by atoms with Gasteiger partial charge in [-0.15, -0.1) is 0 Å². The molecule has 3 rings (SSSR count). The van der Waals surface area contributed by atoms with Crippen LogP contribution in [0.25, 0.3) is 0 Å². The molecule has 1 N–H and O–H groups in total. The first-order chi connectivity index (χ1) is 9.38. The Hall–Kier alpha value is -1.20. The Balaban J connectivity index is 1.70. The molecule has 1 saturated carbocycles. The molecule has 0 spiro atoms. The Labute approximate surface area is 114 Å². The van der Waals surface area contributed by atoms with Crippen LogP contribution in [-0.4, -0.2) is 41.8 Å². The zero-order valence-electron chi connectivity index (χ0n) is 11.5. The van der Waals surface area contributed by atoms with Crippen molar-refractivity contribution in [1.29, 1.82) is 0 Å². The van der Waals surface area contributed by atoms with Crippen molar-refractivity contribution in [3.8, 4) is 0 Å². The zero-order valence-corrected chi connectivity index (χ0v) is 11.5. The van der Waals surface area contributed by atoms with Crippen LogP contribution < -0.4 is 10.2 Å². The predicted octanol–water partition coefficient (Wildman–Crippen LogP) is 1.34. The van der Waals surface area contributed by atoms with E-state index in [9.17, 15) is 0 Å². The molecule has 1 aromatic rings. The van der Waals surface area contributed by atoms with Gasteiger partial charge in [0.1, 0.15) is 5.82 Å². The number of hydrogen-bond acceptors (Lipinski definition) is 5. The van der Waals surface area contributed by atoms with Crippen LogP contribution in [0, 0.1) is 0 Å². The van der Waals surface area contributed by atoms with Crippen LogP contribution in [0.15, 0.2) is 12.4 Å². The minimum atomic E-state index is 0.400. The third-order valence-electron chi connectivity index (χ3n) is 4.02. The van der Waals surface area contributed by atoms with Gasteiger partial charge in [-0.2, -0.15) is 0 Å². The van der Waals surface area contributed by atoms with E-state index in [-0.39, 0.29) is 0 Å². The second-order valence-electron chi connectivity index (χ2n) is 5.25. The number of rotatable bonds is 4. The average molecular weight is 262 g/mol. The normalized spacial score (nSPS) is 26.5. The summed E-state index contributed by atoms with van der Waals surface area (Å²) in [6, 6.07) is 0.502. The molecule has 2 aliphatic rings. The number of aromatic nitrogens is 2. The van der Waals surface area contributed by atoms with Gasteiger partial charge in [0.05, 0.1) is 36.8 Å². The van der Waals surface area contributed by atoms with Crippen LogP contribution in [0.3, 0.4) is 0 Å². The highest BCUT2D eigenvalue weighted by atomic mass is 16.5. The molecule has 2 atom stereocenters. The van der Waals surface area contributed by atoms with Gasteiger partial charge in [0.25, 0.3) is 0 Å². The fourth-order valence-electron chi connectivity index (χ4n) is 3.05. The molecular weight excluding hydrogens is 240 g/mol. The predicted molar refractivity (Wildman–Crippen MR) is 74.1 cm³/mol. The molecule has 5 nitrogen and oxygen atoms in total. The third-order valence-corrected chi connectivity index (χ3v) is 4.02. The van der Waals surface area contributed by atoms with Gasteiger partial charge < -0.3 is 15.0 Å². The van der Waals surface area contributed by atoms with Crippen molar-refractivity contribution >= 4 is 5.82 Å². The minimum Gasteiger partial charge on any atom is -0.374 e. The fourth-order valence-corrected chi connectivity index (χ4v) is 3.05. The third kappa shape index (κ3) is 2.72. The van der Waals surface area contributed by atoms with Crippen molar-refractivity contribution < 1.29 is 4.74 Å². The summed E-state index contributed by atoms with van der Waals surface area (Å²) in [6.45, 7) is 5.58. The molecule has 104 valence electrons. The quantitative estimate of drug-likeness (QED) is 0.887. The molecule has 1 aliphatic carbocycles. The summed E-state index contributed by atoms with van der Waals surface area (Å²) >= 11 is 0. The zero-order chi connectivity index (χ0) is 13.1. The summed E-state index contributed by atoms with van der Waals surface area (Å²) in [4.78, 5) is 11.5. The van der Waals surface area contributed by atoms with Gasteiger partial charge >= 0.3 is 0 Å². The van der Waals surface area contributed by atoms with E-state index in [4.69, 9.17) is 4.74 Å². The van der Waals surface area contributed by atoms with Gasteiger partial charge in [-0.05, 0) is 25.8 Å². The van der Waals surface area contributed by atoms with Crippen molar-refractivity contribution in [3.63, 3.8) is 0 Å². The van der Waals surface area contributed by atoms with E-state index in [0.29, 0.717) is 12.1 Å². The second-order valence-corrected chi connectivity index (χ2v) is 5.25. The van der Waals surface area contributed by atoms with Crippen molar-refractivity contribution in [3.05, 3.63) is 18.1 Å². The fraction of sp³-hybridized carbons (Fsp3) is 0.714. The molecule has 2 fully saturated rings. The lowest BCUT2D eigenvalue weighted by Crippen LogP contribution is -2.49. The van der Waals surface area contributed by atoms with Crippen LogP contribution in [0.1, 0.15) is 31.9 Å². The monoisotopic (exact) mass is 262 g/mol. The van der Waals surface area contributed by atoms with Crippen LogP contribution >= 0.6 is 0 Å².